The molecule has 2 aromatic carbocycles. The minimum atomic E-state index is -0.352. The smallest absolute Gasteiger partial charge is 0.258 e. The van der Waals surface area contributed by atoms with E-state index in [1.165, 1.54) is 12.1 Å². The predicted molar refractivity (Wildman–Crippen MR) is 91.2 cm³/mol. The molecule has 1 aliphatic rings. The van der Waals surface area contributed by atoms with E-state index in [1.807, 2.05) is 30.3 Å². The lowest BCUT2D eigenvalue weighted by Crippen LogP contribution is -2.24. The van der Waals surface area contributed by atoms with Gasteiger partial charge in [0.25, 0.3) is 5.91 Å². The van der Waals surface area contributed by atoms with Gasteiger partial charge in [-0.15, -0.1) is 0 Å². The van der Waals surface area contributed by atoms with Crippen LogP contribution in [0.1, 0.15) is 25.0 Å². The first-order chi connectivity index (χ1) is 11.2. The summed E-state index contributed by atoms with van der Waals surface area (Å²) in [7, 11) is 0. The van der Waals surface area contributed by atoms with Crippen molar-refractivity contribution in [2.45, 2.75) is 13.8 Å². The van der Waals surface area contributed by atoms with Gasteiger partial charge in [-0.3, -0.25) is 4.79 Å². The molecule has 2 aromatic rings. The predicted octanol–water partition coefficient (Wildman–Crippen LogP) is 3.99. The number of carbonyl (C=O) groups is 1. The first-order valence-corrected chi connectivity index (χ1v) is 7.81. The molecule has 3 nitrogen and oxygen atoms in total. The lowest BCUT2D eigenvalue weighted by Gasteiger charge is -2.26. The monoisotopic (exact) mass is 310 g/mol. The van der Waals surface area contributed by atoms with E-state index in [1.54, 1.807) is 6.07 Å². The Morgan fingerprint density at radius 2 is 1.78 bits per heavy atom. The highest BCUT2D eigenvalue weighted by molar-refractivity contribution is 6.36. The van der Waals surface area contributed by atoms with E-state index in [0.29, 0.717) is 11.3 Å². The van der Waals surface area contributed by atoms with E-state index in [2.05, 4.69) is 24.1 Å². The van der Waals surface area contributed by atoms with E-state index >= 15 is 0 Å². The van der Waals surface area contributed by atoms with Crippen molar-refractivity contribution in [3.05, 3.63) is 65.5 Å². The number of nitrogens with one attached hydrogen (secondary N) is 1. The van der Waals surface area contributed by atoms with Crippen molar-refractivity contribution < 1.29 is 9.18 Å². The van der Waals surface area contributed by atoms with Gasteiger partial charge >= 0.3 is 0 Å². The van der Waals surface area contributed by atoms with Crippen LogP contribution < -0.4 is 5.32 Å². The fraction of sp³-hybridized carbons (Fsp3) is 0.211. The van der Waals surface area contributed by atoms with Crippen molar-refractivity contribution >= 4 is 22.9 Å². The molecule has 0 radical (unpaired) electrons. The summed E-state index contributed by atoms with van der Waals surface area (Å²) < 4.78 is 13.5. The molecule has 0 fully saturated rings. The molecule has 1 amide bonds. The molecule has 0 atom stereocenters. The van der Waals surface area contributed by atoms with Gasteiger partial charge in [-0.2, -0.15) is 0 Å². The normalized spacial score (nSPS) is 15.2. The third-order valence-electron chi connectivity index (χ3n) is 4.09. The van der Waals surface area contributed by atoms with Gasteiger partial charge in [-0.05, 0) is 37.6 Å². The molecule has 0 saturated heterocycles. The van der Waals surface area contributed by atoms with Gasteiger partial charge in [0.15, 0.2) is 0 Å². The number of amides is 1. The van der Waals surface area contributed by atoms with E-state index in [4.69, 9.17) is 0 Å². The number of carbonyl (C=O) groups excluding carboxylic acids is 1. The van der Waals surface area contributed by atoms with Crippen molar-refractivity contribution in [1.82, 2.24) is 4.90 Å². The van der Waals surface area contributed by atoms with Gasteiger partial charge in [0, 0.05) is 18.7 Å². The number of hydrogen-bond donors (Lipinski definition) is 1. The average Bonchev–Trinajstić information content (AvgIpc) is 2.88. The second-order valence-corrected chi connectivity index (χ2v) is 5.41. The molecule has 1 aliphatic heterocycles. The molecule has 1 N–H and O–H groups in total. The van der Waals surface area contributed by atoms with Crippen LogP contribution >= 0.6 is 0 Å². The fourth-order valence-electron chi connectivity index (χ4n) is 3.00. The molecule has 118 valence electrons. The molecule has 3 rings (SSSR count). The Hall–Kier alpha value is -2.62. The van der Waals surface area contributed by atoms with E-state index < -0.39 is 0 Å². The zero-order chi connectivity index (χ0) is 16.4. The standard InChI is InChI=1S/C19H19FN2O/c1-3-22(4-2)18(13-8-6-5-7-9-13)17-15-11-10-14(20)12-16(15)21-19(17)23/h5-12H,3-4H2,1-2H3,(H,21,23)/b18-17-. The third-order valence-corrected chi connectivity index (χ3v) is 4.09. The highest BCUT2D eigenvalue weighted by Gasteiger charge is 2.30. The number of halogens is 1. The number of rotatable bonds is 4. The maximum Gasteiger partial charge on any atom is 0.258 e. The Kier molecular flexibility index (Phi) is 4.15. The Morgan fingerprint density at radius 3 is 2.43 bits per heavy atom. The van der Waals surface area contributed by atoms with Gasteiger partial charge in [0.1, 0.15) is 5.82 Å². The maximum atomic E-state index is 13.5. The topological polar surface area (TPSA) is 32.3 Å². The highest BCUT2D eigenvalue weighted by atomic mass is 19.1. The summed E-state index contributed by atoms with van der Waals surface area (Å²) >= 11 is 0. The van der Waals surface area contributed by atoms with Crippen LogP contribution in [0.5, 0.6) is 0 Å². The zero-order valence-corrected chi connectivity index (χ0v) is 13.3. The molecule has 0 saturated carbocycles. The third kappa shape index (κ3) is 2.72. The molecule has 0 aliphatic carbocycles. The summed E-state index contributed by atoms with van der Waals surface area (Å²) in [6.45, 7) is 5.69. The van der Waals surface area contributed by atoms with Crippen LogP contribution in [-0.4, -0.2) is 23.9 Å². The molecule has 0 bridgehead atoms. The summed E-state index contributed by atoms with van der Waals surface area (Å²) in [5, 5.41) is 2.78. The van der Waals surface area contributed by atoms with Crippen molar-refractivity contribution in [2.24, 2.45) is 0 Å². The maximum absolute atomic E-state index is 13.5. The van der Waals surface area contributed by atoms with Gasteiger partial charge in [-0.1, -0.05) is 30.3 Å². The average molecular weight is 310 g/mol. The first kappa shape index (κ1) is 15.3. The SMILES string of the molecule is CCN(CC)/C(=C1\C(=O)Nc2cc(F)ccc21)c1ccccc1. The fourth-order valence-corrected chi connectivity index (χ4v) is 3.00. The molecule has 23 heavy (non-hydrogen) atoms. The van der Waals surface area contributed by atoms with Gasteiger partial charge < -0.3 is 10.2 Å². The van der Waals surface area contributed by atoms with E-state index in [9.17, 15) is 9.18 Å². The minimum absolute atomic E-state index is 0.184. The van der Waals surface area contributed by atoms with Gasteiger partial charge in [-0.25, -0.2) is 4.39 Å². The summed E-state index contributed by atoms with van der Waals surface area (Å²) in [5.41, 5.74) is 3.76. The molecule has 1 heterocycles. The first-order valence-electron chi connectivity index (χ1n) is 7.81. The summed E-state index contributed by atoms with van der Waals surface area (Å²) in [4.78, 5) is 14.7. The second kappa shape index (κ2) is 6.24. The van der Waals surface area contributed by atoms with Crippen molar-refractivity contribution in [3.8, 4) is 0 Å². The minimum Gasteiger partial charge on any atom is -0.371 e. The number of benzene rings is 2. The zero-order valence-electron chi connectivity index (χ0n) is 13.3. The Balaban J connectivity index is 2.27. The molecule has 4 heteroatoms. The van der Waals surface area contributed by atoms with E-state index in [-0.39, 0.29) is 11.7 Å². The Labute approximate surface area is 135 Å². The lowest BCUT2D eigenvalue weighted by atomic mass is 9.99. The van der Waals surface area contributed by atoms with Crippen LogP contribution in [-0.2, 0) is 4.79 Å². The molecule has 0 aromatic heterocycles. The van der Waals surface area contributed by atoms with Crippen molar-refractivity contribution in [1.29, 1.82) is 0 Å². The summed E-state index contributed by atoms with van der Waals surface area (Å²) in [6.07, 6.45) is 0. The number of nitrogens with zero attached hydrogens (tertiary/aromatic N) is 1. The molecule has 0 spiro atoms. The van der Waals surface area contributed by atoms with Gasteiger partial charge in [0.2, 0.25) is 0 Å². The van der Waals surface area contributed by atoms with Crippen LogP contribution in [0.25, 0.3) is 11.3 Å². The van der Waals surface area contributed by atoms with Crippen LogP contribution in [0.3, 0.4) is 0 Å². The van der Waals surface area contributed by atoms with Gasteiger partial charge in [0.05, 0.1) is 17.0 Å². The molecule has 0 unspecified atom stereocenters. The summed E-state index contributed by atoms with van der Waals surface area (Å²) in [5.74, 6) is -0.536. The second-order valence-electron chi connectivity index (χ2n) is 5.41. The van der Waals surface area contributed by atoms with Crippen LogP contribution in [0.15, 0.2) is 48.5 Å². The largest absolute Gasteiger partial charge is 0.371 e. The number of fused-ring (bicyclic) bond motifs is 1. The molecular formula is C19H19FN2O. The van der Waals surface area contributed by atoms with E-state index in [0.717, 1.165) is 29.9 Å². The quantitative estimate of drug-likeness (QED) is 0.866. The lowest BCUT2D eigenvalue weighted by molar-refractivity contribution is -0.110. The Morgan fingerprint density at radius 1 is 1.09 bits per heavy atom. The Bertz CT molecular complexity index is 764. The van der Waals surface area contributed by atoms with Crippen LogP contribution in [0.2, 0.25) is 0 Å². The van der Waals surface area contributed by atoms with Crippen LogP contribution in [0.4, 0.5) is 10.1 Å². The highest BCUT2D eigenvalue weighted by Crippen LogP contribution is 2.38. The van der Waals surface area contributed by atoms with Crippen LogP contribution in [0, 0.1) is 5.82 Å². The number of anilines is 1. The van der Waals surface area contributed by atoms with Crippen molar-refractivity contribution in [2.75, 3.05) is 18.4 Å². The summed E-state index contributed by atoms with van der Waals surface area (Å²) in [6, 6.07) is 14.3. The van der Waals surface area contributed by atoms with Crippen molar-refractivity contribution in [3.63, 3.8) is 0 Å². The number of hydrogen-bond acceptors (Lipinski definition) is 2. The molecular weight excluding hydrogens is 291 g/mol.